The Kier molecular flexibility index (Phi) is 4.36. The Morgan fingerprint density at radius 3 is 2.45 bits per heavy atom. The molecule has 0 bridgehead atoms. The number of nitrogens with one attached hydrogen (secondary N) is 3. The van der Waals surface area contributed by atoms with Gasteiger partial charge in [-0.3, -0.25) is 35.3 Å². The highest BCUT2D eigenvalue weighted by Gasteiger charge is 2.33. The molecule has 3 N–H and O–H groups in total. The molecule has 4 amide bonds. The summed E-state index contributed by atoms with van der Waals surface area (Å²) in [4.78, 5) is 45.4. The van der Waals surface area contributed by atoms with E-state index in [1.165, 1.54) is 0 Å². The average molecular weight is 293 g/mol. The number of rotatable bonds is 3. The predicted octanol–water partition coefficient (Wildman–Crippen LogP) is 0.189. The summed E-state index contributed by atoms with van der Waals surface area (Å²) in [6, 6.07) is 8.35. The van der Waals surface area contributed by atoms with Gasteiger partial charge in [-0.15, -0.1) is 0 Å². The van der Waals surface area contributed by atoms with Gasteiger partial charge in [0.2, 0.25) is 11.8 Å². The Bertz CT molecular complexity index is 561. The van der Waals surface area contributed by atoms with Crippen LogP contribution in [0, 0.1) is 0 Å². The van der Waals surface area contributed by atoms with Crippen molar-refractivity contribution >= 4 is 34.7 Å². The molecule has 1 aliphatic heterocycles. The van der Waals surface area contributed by atoms with Crippen molar-refractivity contribution < 1.29 is 19.2 Å². The molecule has 104 valence electrons. The van der Waals surface area contributed by atoms with Crippen LogP contribution < -0.4 is 16.2 Å². The molecular weight excluding hydrogens is 282 g/mol. The first-order chi connectivity index (χ1) is 9.56. The molecule has 20 heavy (non-hydrogen) atoms. The predicted molar refractivity (Wildman–Crippen MR) is 71.6 cm³/mol. The van der Waals surface area contributed by atoms with E-state index in [1.54, 1.807) is 30.3 Å². The minimum atomic E-state index is -0.754. The van der Waals surface area contributed by atoms with Crippen molar-refractivity contribution in [3.05, 3.63) is 35.9 Å². The van der Waals surface area contributed by atoms with Crippen molar-refractivity contribution in [1.29, 1.82) is 0 Å². The summed E-state index contributed by atoms with van der Waals surface area (Å²) in [7, 11) is 0. The Morgan fingerprint density at radius 1 is 1.15 bits per heavy atom. The fourth-order valence-corrected chi connectivity index (χ4v) is 2.35. The van der Waals surface area contributed by atoms with Gasteiger partial charge in [-0.2, -0.15) is 0 Å². The molecule has 8 heteroatoms. The monoisotopic (exact) mass is 293 g/mol. The lowest BCUT2D eigenvalue weighted by atomic mass is 10.2. The maximum absolute atomic E-state index is 11.6. The first-order valence-corrected chi connectivity index (χ1v) is 6.60. The first-order valence-electron chi connectivity index (χ1n) is 5.72. The smallest absolute Gasteiger partial charge is 0.286 e. The van der Waals surface area contributed by atoms with Gasteiger partial charge in [0.05, 0.1) is 0 Å². The van der Waals surface area contributed by atoms with Gasteiger partial charge in [0.1, 0.15) is 5.25 Å². The number of thioether (sulfide) groups is 1. The highest BCUT2D eigenvalue weighted by molar-refractivity contribution is 8.15. The lowest BCUT2D eigenvalue weighted by molar-refractivity contribution is -0.125. The van der Waals surface area contributed by atoms with E-state index in [0.717, 1.165) is 11.8 Å². The highest BCUT2D eigenvalue weighted by atomic mass is 32.2. The van der Waals surface area contributed by atoms with Gasteiger partial charge >= 0.3 is 0 Å². The van der Waals surface area contributed by atoms with Crippen molar-refractivity contribution in [3.8, 4) is 0 Å². The molecule has 1 saturated heterocycles. The first kappa shape index (κ1) is 14.1. The summed E-state index contributed by atoms with van der Waals surface area (Å²) in [6.45, 7) is 0. The zero-order valence-corrected chi connectivity index (χ0v) is 11.0. The molecule has 0 saturated carbocycles. The largest absolute Gasteiger partial charge is 0.286 e. The van der Waals surface area contributed by atoms with Crippen LogP contribution in [0.2, 0.25) is 0 Å². The minimum absolute atomic E-state index is 0.183. The van der Waals surface area contributed by atoms with Crippen molar-refractivity contribution in [2.45, 2.75) is 11.7 Å². The van der Waals surface area contributed by atoms with E-state index in [-0.39, 0.29) is 6.42 Å². The Morgan fingerprint density at radius 2 is 1.85 bits per heavy atom. The van der Waals surface area contributed by atoms with Gasteiger partial charge in [0.25, 0.3) is 11.1 Å². The molecule has 0 aliphatic carbocycles. The third-order valence-corrected chi connectivity index (χ3v) is 3.47. The molecule has 1 unspecified atom stereocenters. The maximum atomic E-state index is 11.6. The molecular formula is C12H11N3O4S. The van der Waals surface area contributed by atoms with E-state index in [9.17, 15) is 19.2 Å². The molecule has 2 rings (SSSR count). The van der Waals surface area contributed by atoms with E-state index in [0.29, 0.717) is 5.56 Å². The van der Waals surface area contributed by atoms with Gasteiger partial charge in [-0.25, -0.2) is 0 Å². The lowest BCUT2D eigenvalue weighted by Crippen LogP contribution is -2.43. The summed E-state index contributed by atoms with van der Waals surface area (Å²) >= 11 is 0.760. The fraction of sp³-hybridized carbons (Fsp3) is 0.167. The van der Waals surface area contributed by atoms with Crippen LogP contribution in [-0.2, 0) is 9.59 Å². The van der Waals surface area contributed by atoms with Crippen molar-refractivity contribution in [3.63, 3.8) is 0 Å². The third kappa shape index (κ3) is 3.58. The maximum Gasteiger partial charge on any atom is 0.286 e. The number of imide groups is 1. The van der Waals surface area contributed by atoms with Crippen molar-refractivity contribution in [1.82, 2.24) is 16.2 Å². The molecule has 1 atom stereocenters. The van der Waals surface area contributed by atoms with Gasteiger partial charge in [0.15, 0.2) is 0 Å². The molecule has 1 fully saturated rings. The molecule has 1 aromatic carbocycles. The number of amides is 4. The van der Waals surface area contributed by atoms with Gasteiger partial charge in [-0.1, -0.05) is 30.0 Å². The van der Waals surface area contributed by atoms with E-state index in [2.05, 4.69) is 16.2 Å². The number of hydrazine groups is 1. The van der Waals surface area contributed by atoms with Crippen LogP contribution >= 0.6 is 11.8 Å². The quantitative estimate of drug-likeness (QED) is 0.690. The molecule has 1 aromatic rings. The summed E-state index contributed by atoms with van der Waals surface area (Å²) in [5.74, 6) is -1.50. The molecule has 0 radical (unpaired) electrons. The summed E-state index contributed by atoms with van der Waals surface area (Å²) in [6.07, 6.45) is -0.183. The molecule has 7 nitrogen and oxygen atoms in total. The second kappa shape index (κ2) is 6.20. The topological polar surface area (TPSA) is 104 Å². The SMILES string of the molecule is O=C(CC1SC(=O)NC1=O)NNC(=O)c1ccccc1. The molecule has 1 heterocycles. The van der Waals surface area contributed by atoms with Crippen LogP contribution in [0.25, 0.3) is 0 Å². The van der Waals surface area contributed by atoms with Gasteiger partial charge < -0.3 is 0 Å². The fourth-order valence-electron chi connectivity index (χ4n) is 1.54. The van der Waals surface area contributed by atoms with E-state index < -0.39 is 28.2 Å². The van der Waals surface area contributed by atoms with Crippen LogP contribution in [0.1, 0.15) is 16.8 Å². The second-order valence-electron chi connectivity index (χ2n) is 3.96. The van der Waals surface area contributed by atoms with Crippen LogP contribution in [0.5, 0.6) is 0 Å². The summed E-state index contributed by atoms with van der Waals surface area (Å²) in [5.41, 5.74) is 4.83. The average Bonchev–Trinajstić information content (AvgIpc) is 2.75. The minimum Gasteiger partial charge on any atom is -0.286 e. The van der Waals surface area contributed by atoms with E-state index >= 15 is 0 Å². The molecule has 0 aromatic heterocycles. The van der Waals surface area contributed by atoms with E-state index in [4.69, 9.17) is 0 Å². The lowest BCUT2D eigenvalue weighted by Gasteiger charge is -2.08. The molecule has 0 spiro atoms. The number of benzene rings is 1. The van der Waals surface area contributed by atoms with Gasteiger partial charge in [-0.05, 0) is 12.1 Å². The van der Waals surface area contributed by atoms with Crippen molar-refractivity contribution in [2.24, 2.45) is 0 Å². The summed E-state index contributed by atoms with van der Waals surface area (Å²) in [5, 5.41) is 0.856. The molecule has 1 aliphatic rings. The Balaban J connectivity index is 1.80. The zero-order valence-electron chi connectivity index (χ0n) is 10.2. The van der Waals surface area contributed by atoms with Crippen molar-refractivity contribution in [2.75, 3.05) is 0 Å². The summed E-state index contributed by atoms with van der Waals surface area (Å²) < 4.78 is 0. The Labute approximate surface area is 118 Å². The van der Waals surface area contributed by atoms with Crippen LogP contribution in [0.4, 0.5) is 4.79 Å². The van der Waals surface area contributed by atoms with Crippen LogP contribution in [0.15, 0.2) is 30.3 Å². The van der Waals surface area contributed by atoms with E-state index in [1.807, 2.05) is 0 Å². The standard InChI is InChI=1S/C12H11N3O4S/c16-9(6-8-11(18)13-12(19)20-8)14-15-10(17)7-4-2-1-3-5-7/h1-5,8H,6H2,(H,14,16)(H,15,17)(H,13,18,19). The van der Waals surface area contributed by atoms with Crippen LogP contribution in [-0.4, -0.2) is 28.2 Å². The zero-order chi connectivity index (χ0) is 14.5. The normalized spacial score (nSPS) is 17.5. The number of hydrogen-bond donors (Lipinski definition) is 3. The highest BCUT2D eigenvalue weighted by Crippen LogP contribution is 2.21. The van der Waals surface area contributed by atoms with Crippen LogP contribution in [0.3, 0.4) is 0 Å². The van der Waals surface area contributed by atoms with Gasteiger partial charge in [0, 0.05) is 12.0 Å². The number of carbonyl (C=O) groups excluding carboxylic acids is 4. The number of hydrogen-bond acceptors (Lipinski definition) is 5. The number of carbonyl (C=O) groups is 4. The second-order valence-corrected chi connectivity index (χ2v) is 5.13. The Hall–Kier alpha value is -2.35. The third-order valence-electron chi connectivity index (χ3n) is 2.49.